The second kappa shape index (κ2) is 9.95. The lowest BCUT2D eigenvalue weighted by Gasteiger charge is -2.65. The molecule has 6 aliphatic rings. The lowest BCUT2D eigenvalue weighted by Crippen LogP contribution is -2.71. The van der Waals surface area contributed by atoms with Crippen LogP contribution in [0.4, 0.5) is 0 Å². The van der Waals surface area contributed by atoms with Gasteiger partial charge in [-0.2, -0.15) is 0 Å². The summed E-state index contributed by atoms with van der Waals surface area (Å²) in [5.74, 6) is -2.21. The zero-order valence-electron chi connectivity index (χ0n) is 23.2. The summed E-state index contributed by atoms with van der Waals surface area (Å²) in [4.78, 5) is 26.1. The third-order valence-corrected chi connectivity index (χ3v) is 12.0. The van der Waals surface area contributed by atoms with Gasteiger partial charge in [-0.3, -0.25) is 4.79 Å². The van der Waals surface area contributed by atoms with Crippen LogP contribution < -0.4 is 0 Å². The summed E-state index contributed by atoms with van der Waals surface area (Å²) in [5, 5.41) is 75.7. The number of esters is 2. The maximum Gasteiger partial charge on any atom is 0.331 e. The number of cyclic esters (lactones) is 1. The van der Waals surface area contributed by atoms with E-state index in [1.54, 1.807) is 0 Å². The molecule has 4 aliphatic carbocycles. The Hall–Kier alpha value is -1.64. The first-order valence-corrected chi connectivity index (χ1v) is 14.8. The Balaban J connectivity index is 1.34. The highest BCUT2D eigenvalue weighted by Crippen LogP contribution is 2.71. The van der Waals surface area contributed by atoms with Gasteiger partial charge in [-0.15, -0.1) is 0 Å². The number of aliphatic hydroxyl groups excluding tert-OH is 5. The lowest BCUT2D eigenvalue weighted by molar-refractivity contribution is -0.308. The quantitative estimate of drug-likeness (QED) is 0.200. The van der Waals surface area contributed by atoms with Crippen LogP contribution in [0.1, 0.15) is 64.7 Å². The Labute approximate surface area is 237 Å². The van der Waals surface area contributed by atoms with E-state index in [9.17, 15) is 45.3 Å². The Kier molecular flexibility index (Phi) is 7.14. The van der Waals surface area contributed by atoms with E-state index < -0.39 is 77.3 Å². The number of aliphatic hydroxyl groups is 7. The third-order valence-electron chi connectivity index (χ3n) is 12.0. The van der Waals surface area contributed by atoms with Crippen LogP contribution in [0.2, 0.25) is 0 Å². The first-order chi connectivity index (χ1) is 19.3. The lowest BCUT2D eigenvalue weighted by atomic mass is 9.41. The third kappa shape index (κ3) is 4.02. The van der Waals surface area contributed by atoms with Crippen LogP contribution in [0, 0.1) is 28.6 Å². The maximum atomic E-state index is 14.3. The van der Waals surface area contributed by atoms with Crippen LogP contribution in [-0.4, -0.2) is 109 Å². The van der Waals surface area contributed by atoms with Gasteiger partial charge in [-0.05, 0) is 74.7 Å². The molecular weight excluding hydrogens is 540 g/mol. The number of hydrogen-bond donors (Lipinski definition) is 7. The minimum Gasteiger partial charge on any atom is -0.458 e. The summed E-state index contributed by atoms with van der Waals surface area (Å²) in [5.41, 5.74) is -4.08. The van der Waals surface area contributed by atoms with Crippen molar-refractivity contribution >= 4 is 11.9 Å². The van der Waals surface area contributed by atoms with Gasteiger partial charge in [-0.1, -0.05) is 6.92 Å². The molecule has 0 spiro atoms. The minimum absolute atomic E-state index is 0.0509. The number of ether oxygens (including phenoxy) is 3. The van der Waals surface area contributed by atoms with Crippen molar-refractivity contribution in [2.75, 3.05) is 13.2 Å². The molecule has 0 aromatic carbocycles. The van der Waals surface area contributed by atoms with Crippen LogP contribution in [0.5, 0.6) is 0 Å². The van der Waals surface area contributed by atoms with E-state index >= 15 is 0 Å². The first-order valence-electron chi connectivity index (χ1n) is 14.8. The fraction of sp³-hybridized carbons (Fsp3) is 0.862. The Bertz CT molecular complexity index is 1110. The van der Waals surface area contributed by atoms with E-state index in [2.05, 4.69) is 0 Å². The van der Waals surface area contributed by atoms with Crippen LogP contribution in [0.3, 0.4) is 0 Å². The predicted octanol–water partition coefficient (Wildman–Crippen LogP) is -0.958. The van der Waals surface area contributed by atoms with Gasteiger partial charge < -0.3 is 50.0 Å². The van der Waals surface area contributed by atoms with Crippen molar-refractivity contribution in [2.45, 2.75) is 113 Å². The number of fused-ring (bicyclic) bond motifs is 5. The molecule has 2 heterocycles. The molecule has 0 unspecified atom stereocenters. The van der Waals surface area contributed by atoms with Crippen LogP contribution in [0.25, 0.3) is 0 Å². The number of carbonyl (C=O) groups excluding carboxylic acids is 2. The van der Waals surface area contributed by atoms with Gasteiger partial charge in [-0.25, -0.2) is 4.79 Å². The molecule has 1 saturated heterocycles. The standard InChI is InChI=1S/C29H42O12/c1-26-6-3-17-18(29(26,38)9-5-16(26)14-10-20(32)39-13-14)4-7-27(37)11-15(31)2-8-28(17,27)25(36)41-24-23(35)22(34)21(33)19(12-30)40-24/h10,15-19,21-24,30-31,33-35,37-38H,2-9,11-13H2,1H3/t15-,16+,17+,18-,19+,21+,22-,23+,24-,26+,27-,28+,29-/m0/s1. The topological polar surface area (TPSA) is 203 Å². The second-order valence-corrected chi connectivity index (χ2v) is 13.6. The molecule has 230 valence electrons. The van der Waals surface area contributed by atoms with Crippen molar-refractivity contribution in [3.8, 4) is 0 Å². The molecule has 0 amide bonds. The number of carbonyl (C=O) groups is 2. The van der Waals surface area contributed by atoms with Gasteiger partial charge in [0, 0.05) is 17.9 Å². The van der Waals surface area contributed by atoms with E-state index in [1.807, 2.05) is 6.92 Å². The average Bonchev–Trinajstić information content (AvgIpc) is 3.47. The molecule has 13 atom stereocenters. The fourth-order valence-electron chi connectivity index (χ4n) is 9.84. The summed E-state index contributed by atoms with van der Waals surface area (Å²) in [6.07, 6.45) is -4.51. The summed E-state index contributed by atoms with van der Waals surface area (Å²) < 4.78 is 16.4. The summed E-state index contributed by atoms with van der Waals surface area (Å²) in [6, 6.07) is 0. The predicted molar refractivity (Wildman–Crippen MR) is 137 cm³/mol. The SMILES string of the molecule is C[C@]12CC[C@@H]3[C@H](CC[C@]4(O)C[C@@H](O)CC[C@]34C(=O)O[C@@H]3O[C@H](CO)[C@@H](O)[C@H](O)[C@H]3O)[C@@]1(O)CC[C@@H]2C1=CC(=O)OC1. The molecular formula is C29H42O12. The summed E-state index contributed by atoms with van der Waals surface area (Å²) in [6.45, 7) is 1.55. The minimum atomic E-state index is -1.80. The molecule has 0 aromatic heterocycles. The smallest absolute Gasteiger partial charge is 0.331 e. The van der Waals surface area contributed by atoms with Crippen molar-refractivity contribution < 1.29 is 59.5 Å². The van der Waals surface area contributed by atoms with E-state index in [0.717, 1.165) is 5.57 Å². The van der Waals surface area contributed by atoms with Gasteiger partial charge in [0.2, 0.25) is 6.29 Å². The molecule has 6 rings (SSSR count). The summed E-state index contributed by atoms with van der Waals surface area (Å²) in [7, 11) is 0. The molecule has 2 aliphatic heterocycles. The van der Waals surface area contributed by atoms with Crippen molar-refractivity contribution in [3.63, 3.8) is 0 Å². The Morgan fingerprint density at radius 1 is 0.976 bits per heavy atom. The van der Waals surface area contributed by atoms with Crippen molar-refractivity contribution in [2.24, 2.45) is 28.6 Å². The van der Waals surface area contributed by atoms with Crippen LogP contribution in [0.15, 0.2) is 11.6 Å². The second-order valence-electron chi connectivity index (χ2n) is 13.6. The van der Waals surface area contributed by atoms with E-state index in [-0.39, 0.29) is 50.1 Å². The van der Waals surface area contributed by atoms with Gasteiger partial charge in [0.1, 0.15) is 36.4 Å². The van der Waals surface area contributed by atoms with Crippen molar-refractivity contribution in [3.05, 3.63) is 11.6 Å². The highest BCUT2D eigenvalue weighted by atomic mass is 16.7. The normalized spacial score (nSPS) is 53.0. The van der Waals surface area contributed by atoms with Gasteiger partial charge >= 0.3 is 11.9 Å². The highest BCUT2D eigenvalue weighted by Gasteiger charge is 2.74. The number of rotatable bonds is 4. The molecule has 4 saturated carbocycles. The maximum absolute atomic E-state index is 14.3. The fourth-order valence-corrected chi connectivity index (χ4v) is 9.84. The molecule has 0 bridgehead atoms. The van der Waals surface area contributed by atoms with Crippen molar-refractivity contribution in [1.29, 1.82) is 0 Å². The molecule has 7 N–H and O–H groups in total. The van der Waals surface area contributed by atoms with Crippen LogP contribution >= 0.6 is 0 Å². The number of hydrogen-bond acceptors (Lipinski definition) is 12. The Morgan fingerprint density at radius 2 is 1.71 bits per heavy atom. The van der Waals surface area contributed by atoms with E-state index in [4.69, 9.17) is 14.2 Å². The highest BCUT2D eigenvalue weighted by molar-refractivity contribution is 5.85. The van der Waals surface area contributed by atoms with Crippen LogP contribution in [-0.2, 0) is 23.8 Å². The molecule has 5 fully saturated rings. The molecule has 0 radical (unpaired) electrons. The molecule has 41 heavy (non-hydrogen) atoms. The van der Waals surface area contributed by atoms with Gasteiger partial charge in [0.25, 0.3) is 0 Å². The van der Waals surface area contributed by atoms with Crippen molar-refractivity contribution in [1.82, 2.24) is 0 Å². The molecule has 12 heteroatoms. The molecule has 0 aromatic rings. The summed E-state index contributed by atoms with van der Waals surface area (Å²) >= 11 is 0. The zero-order chi connectivity index (χ0) is 29.5. The molecule has 12 nitrogen and oxygen atoms in total. The first kappa shape index (κ1) is 29.4. The van der Waals surface area contributed by atoms with Gasteiger partial charge in [0.15, 0.2) is 0 Å². The zero-order valence-corrected chi connectivity index (χ0v) is 23.2. The monoisotopic (exact) mass is 582 g/mol. The largest absolute Gasteiger partial charge is 0.458 e. The van der Waals surface area contributed by atoms with E-state index in [1.165, 1.54) is 6.08 Å². The average molecular weight is 583 g/mol. The van der Waals surface area contributed by atoms with Gasteiger partial charge in [0.05, 0.1) is 23.9 Å². The van der Waals surface area contributed by atoms with E-state index in [0.29, 0.717) is 32.1 Å². The Morgan fingerprint density at radius 3 is 2.39 bits per heavy atom.